The molecule has 0 saturated heterocycles. The monoisotopic (exact) mass is 363 g/mol. The zero-order valence-electron chi connectivity index (χ0n) is 15.3. The van der Waals surface area contributed by atoms with Gasteiger partial charge in [0.25, 0.3) is 0 Å². The van der Waals surface area contributed by atoms with Crippen LogP contribution < -0.4 is 10.1 Å². The summed E-state index contributed by atoms with van der Waals surface area (Å²) < 4.78 is 5.69. The van der Waals surface area contributed by atoms with E-state index >= 15 is 0 Å². The van der Waals surface area contributed by atoms with Crippen LogP contribution in [0.15, 0.2) is 60.7 Å². The molecule has 27 heavy (non-hydrogen) atoms. The van der Waals surface area contributed by atoms with Crippen molar-refractivity contribution in [2.45, 2.75) is 27.0 Å². The lowest BCUT2D eigenvalue weighted by Crippen LogP contribution is -2.07. The van der Waals surface area contributed by atoms with Crippen LogP contribution in [0.1, 0.15) is 22.3 Å². The molecule has 3 rings (SSSR count). The summed E-state index contributed by atoms with van der Waals surface area (Å²) in [6, 6.07) is 18.8. The van der Waals surface area contributed by atoms with Gasteiger partial charge in [-0.1, -0.05) is 54.1 Å². The number of nitrogens with one attached hydrogen (secondary N) is 1. The molecule has 0 aliphatic carbocycles. The summed E-state index contributed by atoms with van der Waals surface area (Å²) in [5.74, 6) is 0.541. The van der Waals surface area contributed by atoms with Crippen LogP contribution in [-0.4, -0.2) is 9.91 Å². The number of nitro groups is 1. The molecule has 0 aliphatic rings. The molecule has 0 radical (unpaired) electrons. The summed E-state index contributed by atoms with van der Waals surface area (Å²) in [6.45, 7) is 4.82. The number of aromatic nitrogens is 1. The maximum absolute atomic E-state index is 11.3. The van der Waals surface area contributed by atoms with E-state index in [9.17, 15) is 10.1 Å². The van der Waals surface area contributed by atoms with E-state index in [4.69, 9.17) is 4.74 Å². The summed E-state index contributed by atoms with van der Waals surface area (Å²) in [4.78, 5) is 15.2. The van der Waals surface area contributed by atoms with E-state index in [1.54, 1.807) is 0 Å². The minimum absolute atomic E-state index is 0.0765. The first-order valence-electron chi connectivity index (χ1n) is 8.65. The van der Waals surface area contributed by atoms with Gasteiger partial charge in [0.15, 0.2) is 0 Å². The van der Waals surface area contributed by atoms with Crippen molar-refractivity contribution in [3.8, 4) is 5.88 Å². The molecule has 0 aliphatic heterocycles. The molecule has 1 heterocycles. The predicted molar refractivity (Wildman–Crippen MR) is 105 cm³/mol. The van der Waals surface area contributed by atoms with Gasteiger partial charge in [0, 0.05) is 18.7 Å². The van der Waals surface area contributed by atoms with Crippen molar-refractivity contribution in [3.05, 3.63) is 93.0 Å². The van der Waals surface area contributed by atoms with E-state index in [0.29, 0.717) is 19.0 Å². The number of hydrogen-bond donors (Lipinski definition) is 1. The highest BCUT2D eigenvalue weighted by Gasteiger charge is 2.17. The molecule has 6 heteroatoms. The van der Waals surface area contributed by atoms with Crippen molar-refractivity contribution in [2.75, 3.05) is 5.32 Å². The Hall–Kier alpha value is -3.41. The Bertz CT molecular complexity index is 943. The Labute approximate surface area is 158 Å². The maximum Gasteiger partial charge on any atom is 0.311 e. The van der Waals surface area contributed by atoms with Crippen LogP contribution in [0.2, 0.25) is 0 Å². The molecule has 138 valence electrons. The normalized spacial score (nSPS) is 10.4. The maximum atomic E-state index is 11.3. The van der Waals surface area contributed by atoms with Crippen molar-refractivity contribution in [2.24, 2.45) is 0 Å². The number of anilines is 1. The van der Waals surface area contributed by atoms with Crippen LogP contribution in [0.4, 0.5) is 11.5 Å². The average Bonchev–Trinajstić information content (AvgIpc) is 2.67. The summed E-state index contributed by atoms with van der Waals surface area (Å²) >= 11 is 0. The number of aryl methyl sites for hydroxylation is 2. The minimum Gasteiger partial charge on any atom is -0.473 e. The van der Waals surface area contributed by atoms with Gasteiger partial charge < -0.3 is 10.1 Å². The van der Waals surface area contributed by atoms with Gasteiger partial charge in [0.1, 0.15) is 6.61 Å². The van der Waals surface area contributed by atoms with E-state index in [1.165, 1.54) is 12.1 Å². The molecular formula is C21H21N3O3. The van der Waals surface area contributed by atoms with E-state index in [2.05, 4.69) is 16.4 Å². The topological polar surface area (TPSA) is 77.3 Å². The quantitative estimate of drug-likeness (QED) is 0.482. The lowest BCUT2D eigenvalue weighted by atomic mass is 10.1. The Kier molecular flexibility index (Phi) is 5.66. The van der Waals surface area contributed by atoms with Crippen LogP contribution in [0.5, 0.6) is 5.88 Å². The molecule has 0 bridgehead atoms. The second kappa shape index (κ2) is 8.31. The Morgan fingerprint density at radius 2 is 1.85 bits per heavy atom. The first-order valence-corrected chi connectivity index (χ1v) is 8.65. The third-order valence-corrected chi connectivity index (χ3v) is 4.23. The van der Waals surface area contributed by atoms with Crippen molar-refractivity contribution >= 4 is 11.5 Å². The SMILES string of the molecule is Cc1ccc(C)c(CNc2nc(OCc3ccccc3)ccc2[N+](=O)[O-])c1. The standard InChI is InChI=1S/C21H21N3O3/c1-15-8-9-16(2)18(12-15)13-22-21-19(24(25)26)10-11-20(23-21)27-14-17-6-4-3-5-7-17/h3-12H,13-14H2,1-2H3,(H,22,23). The molecule has 2 aromatic carbocycles. The van der Waals surface area contributed by atoms with E-state index < -0.39 is 4.92 Å². The van der Waals surface area contributed by atoms with Gasteiger partial charge in [-0.05, 0) is 30.5 Å². The first-order chi connectivity index (χ1) is 13.0. The van der Waals surface area contributed by atoms with Crippen molar-refractivity contribution < 1.29 is 9.66 Å². The molecule has 0 spiro atoms. The van der Waals surface area contributed by atoms with Gasteiger partial charge in [0.05, 0.1) is 4.92 Å². The molecule has 0 unspecified atom stereocenters. The minimum atomic E-state index is -0.445. The zero-order valence-corrected chi connectivity index (χ0v) is 15.3. The van der Waals surface area contributed by atoms with Gasteiger partial charge in [-0.2, -0.15) is 4.98 Å². The summed E-state index contributed by atoms with van der Waals surface area (Å²) in [7, 11) is 0. The van der Waals surface area contributed by atoms with Crippen LogP contribution in [0.3, 0.4) is 0 Å². The molecule has 0 fully saturated rings. The third-order valence-electron chi connectivity index (χ3n) is 4.23. The van der Waals surface area contributed by atoms with Crippen LogP contribution in [0, 0.1) is 24.0 Å². The lowest BCUT2D eigenvalue weighted by Gasteiger charge is -2.11. The zero-order chi connectivity index (χ0) is 19.2. The smallest absolute Gasteiger partial charge is 0.311 e. The molecule has 3 aromatic rings. The van der Waals surface area contributed by atoms with Gasteiger partial charge in [0.2, 0.25) is 11.7 Å². The number of hydrogen-bond acceptors (Lipinski definition) is 5. The fourth-order valence-corrected chi connectivity index (χ4v) is 2.69. The first kappa shape index (κ1) is 18.4. The Morgan fingerprint density at radius 3 is 2.59 bits per heavy atom. The molecule has 0 amide bonds. The average molecular weight is 363 g/mol. The highest BCUT2D eigenvalue weighted by Crippen LogP contribution is 2.26. The molecule has 0 saturated carbocycles. The number of benzene rings is 2. The molecular weight excluding hydrogens is 342 g/mol. The molecule has 1 N–H and O–H groups in total. The molecule has 0 atom stereocenters. The van der Waals surface area contributed by atoms with Crippen molar-refractivity contribution in [3.63, 3.8) is 0 Å². The fourth-order valence-electron chi connectivity index (χ4n) is 2.69. The van der Waals surface area contributed by atoms with Gasteiger partial charge in [-0.3, -0.25) is 10.1 Å². The molecule has 6 nitrogen and oxygen atoms in total. The Morgan fingerprint density at radius 1 is 1.07 bits per heavy atom. The highest BCUT2D eigenvalue weighted by molar-refractivity contribution is 5.57. The number of nitrogens with zero attached hydrogens (tertiary/aromatic N) is 2. The van der Waals surface area contributed by atoms with Gasteiger partial charge in [-0.25, -0.2) is 0 Å². The van der Waals surface area contributed by atoms with Crippen LogP contribution >= 0.6 is 0 Å². The van der Waals surface area contributed by atoms with E-state index in [-0.39, 0.29) is 11.5 Å². The predicted octanol–water partition coefficient (Wildman–Crippen LogP) is 4.80. The van der Waals surface area contributed by atoms with Crippen molar-refractivity contribution in [1.82, 2.24) is 4.98 Å². The fraction of sp³-hybridized carbons (Fsp3) is 0.190. The Balaban J connectivity index is 1.77. The highest BCUT2D eigenvalue weighted by atomic mass is 16.6. The van der Waals surface area contributed by atoms with Gasteiger partial charge >= 0.3 is 5.69 Å². The number of pyridine rings is 1. The second-order valence-corrected chi connectivity index (χ2v) is 6.33. The molecule has 1 aromatic heterocycles. The largest absolute Gasteiger partial charge is 0.473 e. The van der Waals surface area contributed by atoms with E-state index in [0.717, 1.165) is 22.3 Å². The number of rotatable bonds is 7. The van der Waals surface area contributed by atoms with Gasteiger partial charge in [-0.15, -0.1) is 0 Å². The third kappa shape index (κ3) is 4.82. The second-order valence-electron chi connectivity index (χ2n) is 6.33. The number of ether oxygens (including phenoxy) is 1. The summed E-state index contributed by atoms with van der Waals surface area (Å²) in [5, 5.41) is 14.4. The summed E-state index contributed by atoms with van der Waals surface area (Å²) in [6.07, 6.45) is 0. The van der Waals surface area contributed by atoms with E-state index in [1.807, 2.05) is 56.3 Å². The van der Waals surface area contributed by atoms with Crippen LogP contribution in [0.25, 0.3) is 0 Å². The summed E-state index contributed by atoms with van der Waals surface area (Å²) in [5.41, 5.74) is 4.25. The van der Waals surface area contributed by atoms with Crippen LogP contribution in [-0.2, 0) is 13.2 Å². The van der Waals surface area contributed by atoms with Crippen molar-refractivity contribution in [1.29, 1.82) is 0 Å². The lowest BCUT2D eigenvalue weighted by molar-refractivity contribution is -0.384.